The number of amides is 1. The molecule has 1 amide bonds. The number of benzene rings is 1. The van der Waals surface area contributed by atoms with E-state index in [0.29, 0.717) is 41.4 Å². The third kappa shape index (κ3) is 3.29. The van der Waals surface area contributed by atoms with E-state index in [0.717, 1.165) is 5.56 Å². The molecule has 0 saturated carbocycles. The second-order valence-electron chi connectivity index (χ2n) is 7.47. The predicted molar refractivity (Wildman–Crippen MR) is 98.0 cm³/mol. The zero-order valence-corrected chi connectivity index (χ0v) is 15.8. The second-order valence-corrected chi connectivity index (χ2v) is 7.47. The van der Waals surface area contributed by atoms with E-state index in [1.807, 2.05) is 6.92 Å². The summed E-state index contributed by atoms with van der Waals surface area (Å²) in [6.07, 6.45) is 0.714. The molecule has 1 aliphatic carbocycles. The Bertz CT molecular complexity index is 837. The fraction of sp³-hybridized carbons (Fsp3) is 0.450. The lowest BCUT2D eigenvalue weighted by atomic mass is 9.75. The summed E-state index contributed by atoms with van der Waals surface area (Å²) in [7, 11) is 3.09. The zero-order chi connectivity index (χ0) is 19.1. The molecular formula is C20H25NO5. The van der Waals surface area contributed by atoms with E-state index in [1.54, 1.807) is 25.3 Å². The van der Waals surface area contributed by atoms with Crippen molar-refractivity contribution in [2.45, 2.75) is 39.7 Å². The molecule has 6 nitrogen and oxygen atoms in total. The lowest BCUT2D eigenvalue weighted by Gasteiger charge is -2.31. The third-order valence-electron chi connectivity index (χ3n) is 4.85. The van der Waals surface area contributed by atoms with Crippen molar-refractivity contribution in [3.05, 3.63) is 40.8 Å². The highest BCUT2D eigenvalue weighted by molar-refractivity contribution is 6.04. The number of fused-ring (bicyclic) bond motifs is 1. The zero-order valence-electron chi connectivity index (χ0n) is 15.8. The van der Waals surface area contributed by atoms with Crippen molar-refractivity contribution in [2.75, 3.05) is 19.5 Å². The van der Waals surface area contributed by atoms with Crippen LogP contribution in [0.15, 0.2) is 22.6 Å². The lowest BCUT2D eigenvalue weighted by molar-refractivity contribution is 0.0910. The highest BCUT2D eigenvalue weighted by atomic mass is 16.5. The molecule has 0 aliphatic heterocycles. The second kappa shape index (κ2) is 6.68. The summed E-state index contributed by atoms with van der Waals surface area (Å²) in [5, 5.41) is 13.3. The molecule has 0 saturated heterocycles. The molecule has 0 fully saturated rings. The van der Waals surface area contributed by atoms with Crippen LogP contribution < -0.4 is 14.8 Å². The van der Waals surface area contributed by atoms with E-state index >= 15 is 0 Å². The van der Waals surface area contributed by atoms with Gasteiger partial charge in [0.1, 0.15) is 17.3 Å². The Morgan fingerprint density at radius 2 is 2.04 bits per heavy atom. The van der Waals surface area contributed by atoms with Crippen LogP contribution in [0.4, 0.5) is 5.69 Å². The summed E-state index contributed by atoms with van der Waals surface area (Å²) in [4.78, 5) is 12.8. The van der Waals surface area contributed by atoms with Gasteiger partial charge in [0.2, 0.25) is 0 Å². The number of hydrogen-bond donors (Lipinski definition) is 2. The van der Waals surface area contributed by atoms with Gasteiger partial charge in [-0.15, -0.1) is 0 Å². The number of methoxy groups -OCH3 is 2. The van der Waals surface area contributed by atoms with Crippen LogP contribution in [0.5, 0.6) is 11.5 Å². The first-order chi connectivity index (χ1) is 12.3. The molecule has 1 unspecified atom stereocenters. The molecule has 26 heavy (non-hydrogen) atoms. The van der Waals surface area contributed by atoms with Crippen LogP contribution in [-0.2, 0) is 6.42 Å². The molecule has 0 spiro atoms. The third-order valence-corrected chi connectivity index (χ3v) is 4.85. The van der Waals surface area contributed by atoms with Crippen LogP contribution in [0.1, 0.15) is 53.8 Å². The first-order valence-corrected chi connectivity index (χ1v) is 8.59. The Kier molecular flexibility index (Phi) is 4.71. The first-order valence-electron chi connectivity index (χ1n) is 8.59. The van der Waals surface area contributed by atoms with Crippen LogP contribution in [0.2, 0.25) is 0 Å². The Morgan fingerprint density at radius 1 is 1.31 bits per heavy atom. The number of aliphatic hydroxyl groups excluding tert-OH is 1. The topological polar surface area (TPSA) is 80.9 Å². The minimum absolute atomic E-state index is 0.0690. The SMILES string of the molecule is COc1ccc(OC)c(NC(=O)c2oc3c(c2C)C(O)CC(C)(C)C3)c1. The van der Waals surface area contributed by atoms with Gasteiger partial charge in [0.25, 0.3) is 5.91 Å². The molecule has 0 bridgehead atoms. The van der Waals surface area contributed by atoms with Gasteiger partial charge in [-0.1, -0.05) is 13.8 Å². The Hall–Kier alpha value is -2.47. The molecule has 2 N–H and O–H groups in total. The number of hydrogen-bond acceptors (Lipinski definition) is 5. The number of aliphatic hydroxyl groups is 1. The van der Waals surface area contributed by atoms with Crippen molar-refractivity contribution >= 4 is 11.6 Å². The highest BCUT2D eigenvalue weighted by Gasteiger charge is 2.37. The van der Waals surface area contributed by atoms with E-state index in [1.165, 1.54) is 7.11 Å². The van der Waals surface area contributed by atoms with Crippen LogP contribution in [0.3, 0.4) is 0 Å². The quantitative estimate of drug-likeness (QED) is 0.866. The summed E-state index contributed by atoms with van der Waals surface area (Å²) in [5.41, 5.74) is 1.85. The van der Waals surface area contributed by atoms with Gasteiger partial charge in [0, 0.05) is 23.6 Å². The van der Waals surface area contributed by atoms with Crippen molar-refractivity contribution in [1.29, 1.82) is 0 Å². The highest BCUT2D eigenvalue weighted by Crippen LogP contribution is 2.44. The van der Waals surface area contributed by atoms with E-state index in [4.69, 9.17) is 13.9 Å². The smallest absolute Gasteiger partial charge is 0.291 e. The van der Waals surface area contributed by atoms with Gasteiger partial charge in [-0.2, -0.15) is 0 Å². The predicted octanol–water partition coefficient (Wildman–Crippen LogP) is 3.86. The maximum atomic E-state index is 12.8. The van der Waals surface area contributed by atoms with Crippen LogP contribution in [-0.4, -0.2) is 25.2 Å². The lowest BCUT2D eigenvalue weighted by Crippen LogP contribution is -2.24. The van der Waals surface area contributed by atoms with Crippen molar-refractivity contribution in [3.63, 3.8) is 0 Å². The molecule has 0 radical (unpaired) electrons. The monoisotopic (exact) mass is 359 g/mol. The molecule has 3 rings (SSSR count). The fourth-order valence-corrected chi connectivity index (χ4v) is 3.59. The van der Waals surface area contributed by atoms with Crippen LogP contribution in [0.25, 0.3) is 0 Å². The molecule has 140 valence electrons. The van der Waals surface area contributed by atoms with Gasteiger partial charge < -0.3 is 24.3 Å². The van der Waals surface area contributed by atoms with Gasteiger partial charge >= 0.3 is 0 Å². The van der Waals surface area contributed by atoms with E-state index in [2.05, 4.69) is 19.2 Å². The average Bonchev–Trinajstić information content (AvgIpc) is 2.90. The maximum absolute atomic E-state index is 12.8. The molecular weight excluding hydrogens is 334 g/mol. The fourth-order valence-electron chi connectivity index (χ4n) is 3.59. The van der Waals surface area contributed by atoms with Crippen LogP contribution in [0, 0.1) is 12.3 Å². The molecule has 1 heterocycles. The maximum Gasteiger partial charge on any atom is 0.291 e. The summed E-state index contributed by atoms with van der Waals surface area (Å²) < 4.78 is 16.4. The summed E-state index contributed by atoms with van der Waals surface area (Å²) in [6.45, 7) is 5.97. The molecule has 1 aliphatic rings. The number of anilines is 1. The molecule has 1 atom stereocenters. The number of rotatable bonds is 4. The van der Waals surface area contributed by atoms with E-state index in [-0.39, 0.29) is 17.1 Å². The Morgan fingerprint density at radius 3 is 2.69 bits per heavy atom. The minimum Gasteiger partial charge on any atom is -0.497 e. The normalized spacial score (nSPS) is 18.2. The number of carbonyl (C=O) groups excluding carboxylic acids is 1. The molecule has 1 aromatic heterocycles. The van der Waals surface area contributed by atoms with Gasteiger partial charge in [-0.05, 0) is 30.9 Å². The van der Waals surface area contributed by atoms with Crippen molar-refractivity contribution in [2.24, 2.45) is 5.41 Å². The summed E-state index contributed by atoms with van der Waals surface area (Å²) in [5.74, 6) is 1.65. The Balaban J connectivity index is 1.93. The van der Waals surface area contributed by atoms with Crippen molar-refractivity contribution in [3.8, 4) is 11.5 Å². The molecule has 6 heteroatoms. The first kappa shape index (κ1) is 18.3. The largest absolute Gasteiger partial charge is 0.497 e. The van der Waals surface area contributed by atoms with Crippen molar-refractivity contribution < 1.29 is 23.8 Å². The average molecular weight is 359 g/mol. The Labute approximate surface area is 153 Å². The number of ether oxygens (including phenoxy) is 2. The number of furan rings is 1. The number of nitrogens with one attached hydrogen (secondary N) is 1. The molecule has 2 aromatic rings. The van der Waals surface area contributed by atoms with Gasteiger partial charge in [0.05, 0.1) is 26.0 Å². The number of carbonyl (C=O) groups is 1. The van der Waals surface area contributed by atoms with Gasteiger partial charge in [-0.25, -0.2) is 0 Å². The van der Waals surface area contributed by atoms with E-state index in [9.17, 15) is 9.90 Å². The van der Waals surface area contributed by atoms with E-state index < -0.39 is 6.10 Å². The summed E-state index contributed by atoms with van der Waals surface area (Å²) in [6, 6.07) is 5.16. The summed E-state index contributed by atoms with van der Waals surface area (Å²) >= 11 is 0. The van der Waals surface area contributed by atoms with Crippen LogP contribution >= 0.6 is 0 Å². The standard InChI is InChI=1S/C20H25NO5/c1-11-17-14(22)9-20(2,3)10-16(17)26-18(11)19(23)21-13-8-12(24-4)6-7-15(13)25-5/h6-8,14,22H,9-10H2,1-5H3,(H,21,23). The van der Waals surface area contributed by atoms with Crippen molar-refractivity contribution in [1.82, 2.24) is 0 Å². The molecule has 1 aromatic carbocycles. The minimum atomic E-state index is -0.620. The van der Waals surface area contributed by atoms with Gasteiger partial charge in [0.15, 0.2) is 5.76 Å². The van der Waals surface area contributed by atoms with Gasteiger partial charge in [-0.3, -0.25) is 4.79 Å².